The SMILES string of the molecule is Cc1ccc(C)c(NC(=O)CCNS(=O)(=O)c2ccc3c(c2)CCC3)c1. The van der Waals surface area contributed by atoms with Gasteiger partial charge in [0.25, 0.3) is 0 Å². The maximum Gasteiger partial charge on any atom is 0.240 e. The second kappa shape index (κ2) is 7.60. The van der Waals surface area contributed by atoms with E-state index in [1.165, 1.54) is 5.56 Å². The molecular weight excluding hydrogens is 348 g/mol. The molecule has 0 aromatic heterocycles. The molecule has 5 nitrogen and oxygen atoms in total. The van der Waals surface area contributed by atoms with E-state index < -0.39 is 10.0 Å². The molecule has 1 aliphatic rings. The minimum Gasteiger partial charge on any atom is -0.326 e. The van der Waals surface area contributed by atoms with Crippen molar-refractivity contribution in [2.24, 2.45) is 0 Å². The van der Waals surface area contributed by atoms with Crippen LogP contribution in [0.3, 0.4) is 0 Å². The highest BCUT2D eigenvalue weighted by atomic mass is 32.2. The molecule has 138 valence electrons. The number of carbonyl (C=O) groups excluding carboxylic acids is 1. The summed E-state index contributed by atoms with van der Waals surface area (Å²) < 4.78 is 27.4. The van der Waals surface area contributed by atoms with Gasteiger partial charge in [-0.3, -0.25) is 4.79 Å². The lowest BCUT2D eigenvalue weighted by Gasteiger charge is -2.11. The van der Waals surface area contributed by atoms with Crippen molar-refractivity contribution in [3.05, 3.63) is 58.7 Å². The van der Waals surface area contributed by atoms with E-state index in [0.29, 0.717) is 0 Å². The molecule has 0 spiro atoms. The number of amides is 1. The zero-order valence-electron chi connectivity index (χ0n) is 15.1. The van der Waals surface area contributed by atoms with Gasteiger partial charge in [0.15, 0.2) is 0 Å². The minimum atomic E-state index is -3.60. The lowest BCUT2D eigenvalue weighted by atomic mass is 10.1. The van der Waals surface area contributed by atoms with Crippen LogP contribution < -0.4 is 10.0 Å². The molecule has 1 amide bonds. The monoisotopic (exact) mass is 372 g/mol. The predicted molar refractivity (Wildman–Crippen MR) is 103 cm³/mol. The summed E-state index contributed by atoms with van der Waals surface area (Å²) in [5.41, 5.74) is 5.14. The predicted octanol–water partition coefficient (Wildman–Crippen LogP) is 3.10. The van der Waals surface area contributed by atoms with Gasteiger partial charge in [-0.15, -0.1) is 0 Å². The van der Waals surface area contributed by atoms with E-state index >= 15 is 0 Å². The minimum absolute atomic E-state index is 0.0656. The van der Waals surface area contributed by atoms with Gasteiger partial charge >= 0.3 is 0 Å². The van der Waals surface area contributed by atoms with Crippen LogP contribution in [-0.4, -0.2) is 20.9 Å². The Morgan fingerprint density at radius 3 is 2.62 bits per heavy atom. The number of aryl methyl sites for hydroxylation is 4. The molecule has 6 heteroatoms. The Labute approximate surface area is 154 Å². The fraction of sp³-hybridized carbons (Fsp3) is 0.350. The molecule has 0 fully saturated rings. The Balaban J connectivity index is 1.56. The molecule has 0 atom stereocenters. The van der Waals surface area contributed by atoms with E-state index in [4.69, 9.17) is 0 Å². The third kappa shape index (κ3) is 4.31. The smallest absolute Gasteiger partial charge is 0.240 e. The molecule has 0 saturated heterocycles. The van der Waals surface area contributed by atoms with Crippen LogP contribution in [0.15, 0.2) is 41.3 Å². The third-order valence-electron chi connectivity index (χ3n) is 4.69. The molecule has 0 aliphatic heterocycles. The van der Waals surface area contributed by atoms with Crippen LogP contribution in [0.4, 0.5) is 5.69 Å². The van der Waals surface area contributed by atoms with Crippen LogP contribution in [0.5, 0.6) is 0 Å². The number of sulfonamides is 1. The Bertz CT molecular complexity index is 936. The normalized spacial score (nSPS) is 13.5. The van der Waals surface area contributed by atoms with Gasteiger partial charge in [-0.2, -0.15) is 0 Å². The number of nitrogens with one attached hydrogen (secondary N) is 2. The molecule has 2 aromatic rings. The van der Waals surface area contributed by atoms with Crippen molar-refractivity contribution >= 4 is 21.6 Å². The van der Waals surface area contributed by atoms with Crippen LogP contribution in [-0.2, 0) is 27.7 Å². The fourth-order valence-electron chi connectivity index (χ4n) is 3.18. The van der Waals surface area contributed by atoms with Gasteiger partial charge in [-0.25, -0.2) is 13.1 Å². The van der Waals surface area contributed by atoms with Crippen molar-refractivity contribution in [3.63, 3.8) is 0 Å². The molecule has 0 unspecified atom stereocenters. The summed E-state index contributed by atoms with van der Waals surface area (Å²) in [6.07, 6.45) is 3.10. The van der Waals surface area contributed by atoms with Gasteiger partial charge in [0.2, 0.25) is 15.9 Å². The Morgan fingerprint density at radius 1 is 1.04 bits per heavy atom. The van der Waals surface area contributed by atoms with Gasteiger partial charge < -0.3 is 5.32 Å². The number of benzene rings is 2. The summed E-state index contributed by atoms with van der Waals surface area (Å²) >= 11 is 0. The lowest BCUT2D eigenvalue weighted by Crippen LogP contribution is -2.28. The topological polar surface area (TPSA) is 75.3 Å². The highest BCUT2D eigenvalue weighted by molar-refractivity contribution is 7.89. The van der Waals surface area contributed by atoms with E-state index in [1.54, 1.807) is 12.1 Å². The average Bonchev–Trinajstić information content (AvgIpc) is 3.05. The summed E-state index contributed by atoms with van der Waals surface area (Å²) in [5, 5.41) is 2.84. The van der Waals surface area contributed by atoms with Crippen LogP contribution in [0, 0.1) is 13.8 Å². The van der Waals surface area contributed by atoms with Crippen LogP contribution in [0.1, 0.15) is 35.1 Å². The van der Waals surface area contributed by atoms with Crippen molar-refractivity contribution < 1.29 is 13.2 Å². The molecule has 0 saturated carbocycles. The van der Waals surface area contributed by atoms with Crippen LogP contribution >= 0.6 is 0 Å². The first-order chi connectivity index (χ1) is 12.3. The van der Waals surface area contributed by atoms with Gasteiger partial charge in [-0.1, -0.05) is 18.2 Å². The largest absolute Gasteiger partial charge is 0.326 e. The number of hydrogen-bond acceptors (Lipinski definition) is 3. The Hall–Kier alpha value is -2.18. The number of hydrogen-bond donors (Lipinski definition) is 2. The van der Waals surface area contributed by atoms with Crippen molar-refractivity contribution in [2.45, 2.75) is 44.4 Å². The summed E-state index contributed by atoms with van der Waals surface area (Å²) in [4.78, 5) is 12.4. The van der Waals surface area contributed by atoms with Gasteiger partial charge in [0, 0.05) is 18.7 Å². The van der Waals surface area contributed by atoms with E-state index in [1.807, 2.05) is 38.1 Å². The summed E-state index contributed by atoms with van der Waals surface area (Å²) in [5.74, 6) is -0.213. The first-order valence-corrected chi connectivity index (χ1v) is 10.3. The fourth-order valence-corrected chi connectivity index (χ4v) is 4.26. The maximum atomic E-state index is 12.4. The molecule has 2 aromatic carbocycles. The lowest BCUT2D eigenvalue weighted by molar-refractivity contribution is -0.116. The average molecular weight is 372 g/mol. The second-order valence-electron chi connectivity index (χ2n) is 6.80. The van der Waals surface area contributed by atoms with E-state index in [9.17, 15) is 13.2 Å². The number of carbonyl (C=O) groups is 1. The van der Waals surface area contributed by atoms with Crippen molar-refractivity contribution in [3.8, 4) is 0 Å². The molecule has 0 radical (unpaired) electrons. The maximum absolute atomic E-state index is 12.4. The van der Waals surface area contributed by atoms with Crippen molar-refractivity contribution in [1.82, 2.24) is 4.72 Å². The second-order valence-corrected chi connectivity index (χ2v) is 8.57. The van der Waals surface area contributed by atoms with Gasteiger partial charge in [0.1, 0.15) is 0 Å². The molecule has 1 aliphatic carbocycles. The van der Waals surface area contributed by atoms with Crippen LogP contribution in [0.25, 0.3) is 0 Å². The first kappa shape index (κ1) is 18.6. The summed E-state index contributed by atoms with van der Waals surface area (Å²) in [6, 6.07) is 11.1. The highest BCUT2D eigenvalue weighted by Crippen LogP contribution is 2.24. The van der Waals surface area contributed by atoms with Crippen molar-refractivity contribution in [2.75, 3.05) is 11.9 Å². The summed E-state index contributed by atoms with van der Waals surface area (Å²) in [7, 11) is -3.60. The Morgan fingerprint density at radius 2 is 1.81 bits per heavy atom. The highest BCUT2D eigenvalue weighted by Gasteiger charge is 2.18. The molecular formula is C20H24N2O3S. The third-order valence-corrected chi connectivity index (χ3v) is 6.15. The molecule has 2 N–H and O–H groups in total. The van der Waals surface area contributed by atoms with E-state index in [2.05, 4.69) is 10.0 Å². The van der Waals surface area contributed by atoms with E-state index in [-0.39, 0.29) is 23.8 Å². The number of anilines is 1. The summed E-state index contributed by atoms with van der Waals surface area (Å²) in [6.45, 7) is 3.95. The Kier molecular flexibility index (Phi) is 5.44. The van der Waals surface area contributed by atoms with Gasteiger partial charge in [0.05, 0.1) is 4.90 Å². The van der Waals surface area contributed by atoms with Crippen LogP contribution in [0.2, 0.25) is 0 Å². The molecule has 0 heterocycles. The first-order valence-electron chi connectivity index (χ1n) is 8.84. The van der Waals surface area contributed by atoms with E-state index in [0.717, 1.165) is 41.6 Å². The quantitative estimate of drug-likeness (QED) is 0.818. The van der Waals surface area contributed by atoms with Gasteiger partial charge in [-0.05, 0) is 73.6 Å². The molecule has 26 heavy (non-hydrogen) atoms. The number of fused-ring (bicyclic) bond motifs is 1. The molecule has 3 rings (SSSR count). The zero-order valence-corrected chi connectivity index (χ0v) is 15.9. The zero-order chi connectivity index (χ0) is 18.7. The van der Waals surface area contributed by atoms with Crippen molar-refractivity contribution in [1.29, 1.82) is 0 Å². The molecule has 0 bridgehead atoms. The number of rotatable bonds is 6. The standard InChI is InChI=1S/C20H24N2O3S/c1-14-6-7-15(2)19(12-14)22-20(23)10-11-21-26(24,25)18-9-8-16-4-3-5-17(16)13-18/h6-9,12-13,21H,3-5,10-11H2,1-2H3,(H,22,23).